The predicted octanol–water partition coefficient (Wildman–Crippen LogP) is 2.16. The number of aromatic carboxylic acids is 1. The number of carboxylic acids is 1. The smallest absolute Gasteiger partial charge is 0.343 e. The topological polar surface area (TPSA) is 95.6 Å². The molecule has 26 heavy (non-hydrogen) atoms. The first-order chi connectivity index (χ1) is 12.7. The van der Waals surface area contributed by atoms with Crippen LogP contribution in [0.15, 0.2) is 53.3 Å². The van der Waals surface area contributed by atoms with Gasteiger partial charge in [-0.15, -0.1) is 0 Å². The van der Waals surface area contributed by atoms with Gasteiger partial charge in [-0.3, -0.25) is 0 Å². The van der Waals surface area contributed by atoms with Crippen molar-refractivity contribution in [1.29, 1.82) is 0 Å². The summed E-state index contributed by atoms with van der Waals surface area (Å²) in [5.41, 5.74) is 0.792. The lowest BCUT2D eigenvalue weighted by Crippen LogP contribution is -2.47. The molecule has 0 saturated carbocycles. The van der Waals surface area contributed by atoms with Crippen LogP contribution in [0.25, 0.3) is 11.3 Å². The summed E-state index contributed by atoms with van der Waals surface area (Å²) in [6.07, 6.45) is 3.42. The molecule has 0 radical (unpaired) electrons. The van der Waals surface area contributed by atoms with Gasteiger partial charge in [0, 0.05) is 44.1 Å². The van der Waals surface area contributed by atoms with E-state index >= 15 is 0 Å². The standard InChI is InChI=1S/C18H17N5O3/c24-17(25)14-15(13-5-2-1-3-6-13)26-21-16(14)22-9-11-23(12-10-22)18-19-7-4-8-20-18/h1-8H,9-12H2,(H,24,25). The Labute approximate surface area is 149 Å². The van der Waals surface area contributed by atoms with Crippen LogP contribution in [0.4, 0.5) is 11.8 Å². The van der Waals surface area contributed by atoms with E-state index in [-0.39, 0.29) is 11.3 Å². The maximum atomic E-state index is 11.8. The number of hydrogen-bond acceptors (Lipinski definition) is 7. The minimum Gasteiger partial charge on any atom is -0.477 e. The molecule has 0 amide bonds. The lowest BCUT2D eigenvalue weighted by atomic mass is 10.1. The third-order valence-corrected chi connectivity index (χ3v) is 4.34. The first kappa shape index (κ1) is 16.1. The lowest BCUT2D eigenvalue weighted by molar-refractivity contribution is 0.0698. The fraction of sp³-hybridized carbons (Fsp3) is 0.222. The van der Waals surface area contributed by atoms with Gasteiger partial charge in [0.05, 0.1) is 0 Å². The van der Waals surface area contributed by atoms with E-state index in [0.29, 0.717) is 43.5 Å². The molecule has 1 aromatic carbocycles. The molecule has 0 unspecified atom stereocenters. The number of carboxylic acid groups (broad SMARTS) is 1. The van der Waals surface area contributed by atoms with E-state index in [1.807, 2.05) is 23.1 Å². The zero-order valence-corrected chi connectivity index (χ0v) is 13.9. The molecule has 8 heteroatoms. The van der Waals surface area contributed by atoms with Crippen LogP contribution in [0, 0.1) is 0 Å². The highest BCUT2D eigenvalue weighted by Gasteiger charge is 2.29. The number of rotatable bonds is 4. The number of piperazine rings is 1. The summed E-state index contributed by atoms with van der Waals surface area (Å²) in [6, 6.07) is 10.9. The SMILES string of the molecule is O=C(O)c1c(N2CCN(c3ncccn3)CC2)noc1-c1ccccc1. The van der Waals surface area contributed by atoms with Crippen molar-refractivity contribution < 1.29 is 14.4 Å². The molecule has 2 aromatic heterocycles. The molecule has 1 fully saturated rings. The maximum Gasteiger partial charge on any atom is 0.343 e. The molecular formula is C18H17N5O3. The Kier molecular flexibility index (Phi) is 4.22. The third-order valence-electron chi connectivity index (χ3n) is 4.34. The second-order valence-electron chi connectivity index (χ2n) is 5.90. The van der Waals surface area contributed by atoms with Crippen molar-refractivity contribution in [2.24, 2.45) is 0 Å². The Hall–Kier alpha value is -3.42. The second kappa shape index (κ2) is 6.83. The summed E-state index contributed by atoms with van der Waals surface area (Å²) >= 11 is 0. The molecule has 132 valence electrons. The van der Waals surface area contributed by atoms with Crippen molar-refractivity contribution in [3.05, 3.63) is 54.4 Å². The van der Waals surface area contributed by atoms with Crippen molar-refractivity contribution in [3.63, 3.8) is 0 Å². The van der Waals surface area contributed by atoms with Gasteiger partial charge in [0.25, 0.3) is 0 Å². The molecule has 8 nitrogen and oxygen atoms in total. The number of carbonyl (C=O) groups is 1. The van der Waals surface area contributed by atoms with Crippen LogP contribution in [0.3, 0.4) is 0 Å². The zero-order chi connectivity index (χ0) is 17.9. The minimum atomic E-state index is -1.05. The molecule has 0 spiro atoms. The number of aromatic nitrogens is 3. The Bertz CT molecular complexity index is 890. The fourth-order valence-electron chi connectivity index (χ4n) is 3.05. The van der Waals surface area contributed by atoms with E-state index in [4.69, 9.17) is 4.52 Å². The van der Waals surface area contributed by atoms with Gasteiger partial charge in [-0.2, -0.15) is 0 Å². The summed E-state index contributed by atoms with van der Waals surface area (Å²) in [4.78, 5) is 24.4. The Morgan fingerprint density at radius 1 is 0.962 bits per heavy atom. The highest BCUT2D eigenvalue weighted by molar-refractivity contribution is 5.99. The molecule has 0 aliphatic carbocycles. The zero-order valence-electron chi connectivity index (χ0n) is 13.9. The van der Waals surface area contributed by atoms with E-state index < -0.39 is 5.97 Å². The van der Waals surface area contributed by atoms with Gasteiger partial charge in [0.1, 0.15) is 0 Å². The van der Waals surface area contributed by atoms with Crippen molar-refractivity contribution in [2.75, 3.05) is 36.0 Å². The predicted molar refractivity (Wildman–Crippen MR) is 95.4 cm³/mol. The van der Waals surface area contributed by atoms with E-state index in [0.717, 1.165) is 0 Å². The van der Waals surface area contributed by atoms with Gasteiger partial charge in [0.15, 0.2) is 17.1 Å². The first-order valence-corrected chi connectivity index (χ1v) is 8.29. The van der Waals surface area contributed by atoms with Gasteiger partial charge in [-0.25, -0.2) is 14.8 Å². The van der Waals surface area contributed by atoms with Crippen LogP contribution in [0.1, 0.15) is 10.4 Å². The molecular weight excluding hydrogens is 334 g/mol. The van der Waals surface area contributed by atoms with Gasteiger partial charge in [-0.05, 0) is 6.07 Å². The third kappa shape index (κ3) is 2.97. The molecule has 1 saturated heterocycles. The summed E-state index contributed by atoms with van der Waals surface area (Å²) < 4.78 is 5.40. The van der Waals surface area contributed by atoms with Crippen LogP contribution in [0.2, 0.25) is 0 Å². The molecule has 4 rings (SSSR count). The Morgan fingerprint density at radius 3 is 2.27 bits per heavy atom. The van der Waals surface area contributed by atoms with E-state index in [9.17, 15) is 9.90 Å². The number of benzene rings is 1. The van der Waals surface area contributed by atoms with Crippen LogP contribution in [-0.4, -0.2) is 52.4 Å². The van der Waals surface area contributed by atoms with Gasteiger partial charge >= 0.3 is 5.97 Å². The Morgan fingerprint density at radius 2 is 1.62 bits per heavy atom. The molecule has 0 bridgehead atoms. The summed E-state index contributed by atoms with van der Waals surface area (Å²) in [7, 11) is 0. The number of hydrogen-bond donors (Lipinski definition) is 1. The molecule has 1 aliphatic rings. The molecule has 3 aromatic rings. The van der Waals surface area contributed by atoms with E-state index in [1.165, 1.54) is 0 Å². The average molecular weight is 351 g/mol. The average Bonchev–Trinajstić information content (AvgIpc) is 3.15. The van der Waals surface area contributed by atoms with Crippen LogP contribution in [0.5, 0.6) is 0 Å². The highest BCUT2D eigenvalue weighted by Crippen LogP contribution is 2.32. The summed E-state index contributed by atoms with van der Waals surface area (Å²) in [5, 5.41) is 13.8. The monoisotopic (exact) mass is 351 g/mol. The van der Waals surface area contributed by atoms with Gasteiger partial charge in [0.2, 0.25) is 5.95 Å². The number of nitrogens with zero attached hydrogens (tertiary/aromatic N) is 5. The van der Waals surface area contributed by atoms with Crippen LogP contribution >= 0.6 is 0 Å². The van der Waals surface area contributed by atoms with Gasteiger partial charge < -0.3 is 19.4 Å². The molecule has 1 N–H and O–H groups in total. The van der Waals surface area contributed by atoms with Crippen molar-refractivity contribution in [2.45, 2.75) is 0 Å². The quantitative estimate of drug-likeness (QED) is 0.764. The lowest BCUT2D eigenvalue weighted by Gasteiger charge is -2.34. The van der Waals surface area contributed by atoms with Crippen molar-refractivity contribution in [3.8, 4) is 11.3 Å². The van der Waals surface area contributed by atoms with E-state index in [2.05, 4.69) is 20.0 Å². The first-order valence-electron chi connectivity index (χ1n) is 8.29. The molecule has 0 atom stereocenters. The summed E-state index contributed by atoms with van der Waals surface area (Å²) in [5.74, 6) is 0.275. The number of anilines is 2. The largest absolute Gasteiger partial charge is 0.477 e. The normalized spacial score (nSPS) is 14.5. The summed E-state index contributed by atoms with van der Waals surface area (Å²) in [6.45, 7) is 2.58. The van der Waals surface area contributed by atoms with E-state index in [1.54, 1.807) is 30.6 Å². The highest BCUT2D eigenvalue weighted by atomic mass is 16.5. The van der Waals surface area contributed by atoms with Crippen LogP contribution in [-0.2, 0) is 0 Å². The van der Waals surface area contributed by atoms with Crippen molar-refractivity contribution >= 4 is 17.7 Å². The van der Waals surface area contributed by atoms with Crippen molar-refractivity contribution in [1.82, 2.24) is 15.1 Å². The fourth-order valence-corrected chi connectivity index (χ4v) is 3.05. The Balaban J connectivity index is 1.58. The van der Waals surface area contributed by atoms with Crippen LogP contribution < -0.4 is 9.80 Å². The molecule has 1 aliphatic heterocycles. The second-order valence-corrected chi connectivity index (χ2v) is 5.90. The minimum absolute atomic E-state index is 0.0978. The van der Waals surface area contributed by atoms with Gasteiger partial charge in [-0.1, -0.05) is 35.5 Å². The maximum absolute atomic E-state index is 11.8. The molecule has 3 heterocycles.